The van der Waals surface area contributed by atoms with Crippen molar-refractivity contribution in [3.05, 3.63) is 88.0 Å². The van der Waals surface area contributed by atoms with E-state index in [9.17, 15) is 0 Å². The van der Waals surface area contributed by atoms with E-state index in [1.165, 1.54) is 33.5 Å². The minimum atomic E-state index is 0.0150. The van der Waals surface area contributed by atoms with E-state index in [0.717, 1.165) is 49.2 Å². The fourth-order valence-corrected chi connectivity index (χ4v) is 5.49. The number of hydrogen-bond acceptors (Lipinski definition) is 6. The molecule has 0 aliphatic carbocycles. The van der Waals surface area contributed by atoms with Crippen molar-refractivity contribution in [2.75, 3.05) is 29.7 Å². The third kappa shape index (κ3) is 4.45. The van der Waals surface area contributed by atoms with Crippen LogP contribution in [0.1, 0.15) is 40.4 Å². The first-order valence-electron chi connectivity index (χ1n) is 12.4. The van der Waals surface area contributed by atoms with E-state index in [1.54, 1.807) is 6.26 Å². The Bertz CT molecular complexity index is 1230. The van der Waals surface area contributed by atoms with Crippen molar-refractivity contribution in [2.24, 2.45) is 0 Å². The summed E-state index contributed by atoms with van der Waals surface area (Å²) in [6, 6.07) is 15.0. The Labute approximate surface area is 208 Å². The maximum Gasteiger partial charge on any atom is 0.232 e. The highest BCUT2D eigenvalue weighted by molar-refractivity contribution is 5.69. The molecule has 6 nitrogen and oxygen atoms in total. The lowest BCUT2D eigenvalue weighted by atomic mass is 10.0. The number of ether oxygens (including phenoxy) is 2. The largest absolute Gasteiger partial charge is 0.462 e. The lowest BCUT2D eigenvalue weighted by Gasteiger charge is -2.31. The number of benzene rings is 2. The fourth-order valence-electron chi connectivity index (χ4n) is 5.49. The zero-order valence-corrected chi connectivity index (χ0v) is 21.3. The second-order valence-electron chi connectivity index (χ2n) is 9.50. The normalized spacial score (nSPS) is 15.3. The highest BCUT2D eigenvalue weighted by Gasteiger charge is 2.35. The monoisotopic (exact) mass is 470 g/mol. The van der Waals surface area contributed by atoms with Crippen molar-refractivity contribution >= 4 is 17.5 Å². The number of rotatable bonds is 7. The Morgan fingerprint density at radius 2 is 1.77 bits per heavy atom. The minimum absolute atomic E-state index is 0.0150. The number of anilines is 3. The second-order valence-corrected chi connectivity index (χ2v) is 9.50. The van der Waals surface area contributed by atoms with Crippen LogP contribution in [0.15, 0.2) is 54.5 Å². The van der Waals surface area contributed by atoms with Gasteiger partial charge in [-0.15, -0.1) is 0 Å². The summed E-state index contributed by atoms with van der Waals surface area (Å²) in [7, 11) is 0. The van der Waals surface area contributed by atoms with E-state index in [4.69, 9.17) is 19.4 Å². The summed E-state index contributed by atoms with van der Waals surface area (Å²) >= 11 is 0. The maximum absolute atomic E-state index is 5.90. The van der Waals surface area contributed by atoms with Crippen LogP contribution in [-0.4, -0.2) is 35.9 Å². The molecule has 1 aromatic heterocycles. The molecule has 2 aliphatic rings. The lowest BCUT2D eigenvalue weighted by Crippen LogP contribution is -2.38. The van der Waals surface area contributed by atoms with Gasteiger partial charge in [-0.05, 0) is 57.7 Å². The molecular weight excluding hydrogens is 436 g/mol. The molecule has 2 aliphatic heterocycles. The van der Waals surface area contributed by atoms with Crippen molar-refractivity contribution in [3.8, 4) is 0 Å². The van der Waals surface area contributed by atoms with E-state index >= 15 is 0 Å². The summed E-state index contributed by atoms with van der Waals surface area (Å²) in [5.41, 5.74) is 8.47. The standard InChI is InChI=1S/C29H34N4O2/c1-6-32(27-20(3)14-19(2)15-21(27)4)29-30-22(5)24-12-13-33(28(24)31-29)25(26-17-34-18-35-26)16-23-10-8-7-9-11-23/h7-11,14-15,17,25H,6,12-13,16,18H2,1-5H3. The first-order chi connectivity index (χ1) is 17.0. The van der Waals surface area contributed by atoms with Crippen molar-refractivity contribution in [1.29, 1.82) is 0 Å². The first-order valence-corrected chi connectivity index (χ1v) is 12.4. The summed E-state index contributed by atoms with van der Waals surface area (Å²) in [5, 5.41) is 0. The van der Waals surface area contributed by atoms with Gasteiger partial charge in [0.2, 0.25) is 12.7 Å². The Morgan fingerprint density at radius 3 is 2.43 bits per heavy atom. The van der Waals surface area contributed by atoms with Gasteiger partial charge in [-0.3, -0.25) is 0 Å². The Morgan fingerprint density at radius 1 is 1.03 bits per heavy atom. The molecule has 35 heavy (non-hydrogen) atoms. The molecule has 0 saturated carbocycles. The van der Waals surface area contributed by atoms with Crippen molar-refractivity contribution < 1.29 is 9.47 Å². The number of fused-ring (bicyclic) bond motifs is 1. The van der Waals surface area contributed by atoms with Gasteiger partial charge in [0.25, 0.3) is 0 Å². The summed E-state index contributed by atoms with van der Waals surface area (Å²) in [6.45, 7) is 12.7. The molecule has 0 saturated heterocycles. The average Bonchev–Trinajstić information content (AvgIpc) is 3.51. The van der Waals surface area contributed by atoms with E-state index in [-0.39, 0.29) is 12.8 Å². The van der Waals surface area contributed by atoms with Gasteiger partial charge < -0.3 is 19.3 Å². The highest BCUT2D eigenvalue weighted by Crippen LogP contribution is 2.37. The molecule has 0 bridgehead atoms. The molecule has 0 radical (unpaired) electrons. The molecule has 2 aromatic carbocycles. The van der Waals surface area contributed by atoms with Crippen LogP contribution in [0.2, 0.25) is 0 Å². The van der Waals surface area contributed by atoms with E-state index in [0.29, 0.717) is 0 Å². The predicted molar refractivity (Wildman–Crippen MR) is 140 cm³/mol. The summed E-state index contributed by atoms with van der Waals surface area (Å²) in [6.07, 6.45) is 3.51. The third-order valence-electron chi connectivity index (χ3n) is 6.99. The van der Waals surface area contributed by atoms with Gasteiger partial charge in [0.05, 0.1) is 6.04 Å². The molecule has 0 fully saturated rings. The van der Waals surface area contributed by atoms with Gasteiger partial charge in [0, 0.05) is 36.5 Å². The molecule has 0 amide bonds. The summed E-state index contributed by atoms with van der Waals surface area (Å²) in [4.78, 5) is 14.8. The van der Waals surface area contributed by atoms with Crippen LogP contribution in [-0.2, 0) is 22.3 Å². The predicted octanol–water partition coefficient (Wildman–Crippen LogP) is 5.69. The maximum atomic E-state index is 5.90. The third-order valence-corrected chi connectivity index (χ3v) is 6.99. The van der Waals surface area contributed by atoms with Crippen LogP contribution in [0.25, 0.3) is 0 Å². The number of hydrogen-bond donors (Lipinski definition) is 0. The van der Waals surface area contributed by atoms with Crippen LogP contribution in [0.5, 0.6) is 0 Å². The van der Waals surface area contributed by atoms with Crippen LogP contribution in [0.3, 0.4) is 0 Å². The Kier molecular flexibility index (Phi) is 6.37. The number of nitrogens with zero attached hydrogens (tertiary/aromatic N) is 4. The Balaban J connectivity index is 1.56. The molecule has 0 spiro atoms. The zero-order valence-electron chi connectivity index (χ0n) is 21.3. The van der Waals surface area contributed by atoms with Crippen LogP contribution < -0.4 is 9.80 Å². The van der Waals surface area contributed by atoms with Gasteiger partial charge in [-0.2, -0.15) is 4.98 Å². The SMILES string of the molecule is CCN(c1nc(C)c2c(n1)N(C(Cc1ccccc1)C1=COCO1)CC2)c1c(C)cc(C)cc1C. The fraction of sp³-hybridized carbons (Fsp3) is 0.379. The first kappa shape index (κ1) is 23.2. The average molecular weight is 471 g/mol. The topological polar surface area (TPSA) is 50.7 Å². The summed E-state index contributed by atoms with van der Waals surface area (Å²) in [5.74, 6) is 2.62. The number of aryl methyl sites for hydroxylation is 4. The van der Waals surface area contributed by atoms with Gasteiger partial charge in [0.1, 0.15) is 12.1 Å². The van der Waals surface area contributed by atoms with Crippen LogP contribution in [0, 0.1) is 27.7 Å². The van der Waals surface area contributed by atoms with Gasteiger partial charge in [0.15, 0.2) is 5.76 Å². The second kappa shape index (κ2) is 9.61. The summed E-state index contributed by atoms with van der Waals surface area (Å²) < 4.78 is 11.4. The molecule has 0 N–H and O–H groups in total. The van der Waals surface area contributed by atoms with E-state index in [2.05, 4.69) is 86.9 Å². The smallest absolute Gasteiger partial charge is 0.232 e. The molecular formula is C29H34N4O2. The van der Waals surface area contributed by atoms with E-state index in [1.807, 2.05) is 0 Å². The van der Waals surface area contributed by atoms with Crippen molar-refractivity contribution in [3.63, 3.8) is 0 Å². The Hall–Kier alpha value is -3.54. The molecule has 6 heteroatoms. The van der Waals surface area contributed by atoms with Gasteiger partial charge >= 0.3 is 0 Å². The molecule has 182 valence electrons. The molecule has 1 unspecified atom stereocenters. The van der Waals surface area contributed by atoms with E-state index < -0.39 is 0 Å². The molecule has 5 rings (SSSR count). The molecule has 3 aromatic rings. The van der Waals surface area contributed by atoms with Gasteiger partial charge in [-0.1, -0.05) is 48.0 Å². The quantitative estimate of drug-likeness (QED) is 0.442. The number of aromatic nitrogens is 2. The van der Waals surface area contributed by atoms with Crippen LogP contribution >= 0.6 is 0 Å². The molecule has 1 atom stereocenters. The lowest BCUT2D eigenvalue weighted by molar-refractivity contribution is 0.0751. The van der Waals surface area contributed by atoms with Gasteiger partial charge in [-0.25, -0.2) is 4.98 Å². The highest BCUT2D eigenvalue weighted by atomic mass is 16.7. The van der Waals surface area contributed by atoms with Crippen molar-refractivity contribution in [2.45, 2.75) is 53.5 Å². The van der Waals surface area contributed by atoms with Crippen molar-refractivity contribution in [1.82, 2.24) is 9.97 Å². The zero-order chi connectivity index (χ0) is 24.5. The van der Waals surface area contributed by atoms with Crippen LogP contribution in [0.4, 0.5) is 17.5 Å². The minimum Gasteiger partial charge on any atom is -0.462 e. The molecule has 3 heterocycles.